The predicted molar refractivity (Wildman–Crippen MR) is 70.7 cm³/mol. The molecule has 5 heteroatoms. The topological polar surface area (TPSA) is 46.2 Å². The highest BCUT2D eigenvalue weighted by atomic mass is 35.5. The Morgan fingerprint density at radius 3 is 2.62 bits per heavy atom. The van der Waals surface area contributed by atoms with E-state index in [0.717, 1.165) is 10.4 Å². The highest BCUT2D eigenvalue weighted by Crippen LogP contribution is 2.29. The second-order valence-corrected chi connectivity index (χ2v) is 4.59. The van der Waals surface area contributed by atoms with Gasteiger partial charge < -0.3 is 10.8 Å². The normalized spacial score (nSPS) is 11.9. The molecule has 0 saturated carbocycles. The van der Waals surface area contributed by atoms with Crippen molar-refractivity contribution in [1.29, 1.82) is 0 Å². The van der Waals surface area contributed by atoms with E-state index >= 15 is 0 Å². The van der Waals surface area contributed by atoms with Crippen LogP contribution in [0.1, 0.15) is 16.5 Å². The monoisotopic (exact) mass is 275 g/mol. The van der Waals surface area contributed by atoms with Crippen molar-refractivity contribution < 1.29 is 5.11 Å². The molecule has 0 amide bonds. The third kappa shape index (κ3) is 2.68. The van der Waals surface area contributed by atoms with Crippen LogP contribution in [-0.2, 0) is 0 Å². The number of thiophene rings is 1. The molecule has 0 radical (unpaired) electrons. The second kappa shape index (κ2) is 5.55. The van der Waals surface area contributed by atoms with Crippen molar-refractivity contribution >= 4 is 35.3 Å². The molecule has 1 heterocycles. The maximum Gasteiger partial charge on any atom is 0.134 e. The summed E-state index contributed by atoms with van der Waals surface area (Å²) < 4.78 is 0. The van der Waals surface area contributed by atoms with Gasteiger partial charge in [0.2, 0.25) is 0 Å². The van der Waals surface area contributed by atoms with Gasteiger partial charge >= 0.3 is 0 Å². The first kappa shape index (κ1) is 13.3. The zero-order chi connectivity index (χ0) is 10.8. The van der Waals surface area contributed by atoms with Crippen LogP contribution in [-0.4, -0.2) is 5.11 Å². The first-order valence-corrected chi connectivity index (χ1v) is 5.71. The van der Waals surface area contributed by atoms with Gasteiger partial charge in [0.05, 0.1) is 11.1 Å². The van der Waals surface area contributed by atoms with Gasteiger partial charge in [0, 0.05) is 4.88 Å². The zero-order valence-electron chi connectivity index (χ0n) is 8.26. The molecule has 0 aliphatic carbocycles. The third-order valence-corrected chi connectivity index (χ3v) is 3.44. The molecule has 0 aliphatic rings. The lowest BCUT2D eigenvalue weighted by Crippen LogP contribution is -2.09. The van der Waals surface area contributed by atoms with Gasteiger partial charge in [0.15, 0.2) is 0 Å². The van der Waals surface area contributed by atoms with Crippen LogP contribution in [0.5, 0.6) is 5.75 Å². The molecule has 1 aromatic heterocycles. The summed E-state index contributed by atoms with van der Waals surface area (Å²) in [6.07, 6.45) is 0. The lowest BCUT2D eigenvalue weighted by atomic mass is 10.1. The van der Waals surface area contributed by atoms with Crippen molar-refractivity contribution in [2.75, 3.05) is 0 Å². The van der Waals surface area contributed by atoms with Gasteiger partial charge in [-0.25, -0.2) is 0 Å². The van der Waals surface area contributed by atoms with Gasteiger partial charge in [0.1, 0.15) is 5.75 Å². The molecule has 16 heavy (non-hydrogen) atoms. The van der Waals surface area contributed by atoms with E-state index in [1.54, 1.807) is 29.5 Å². The third-order valence-electron chi connectivity index (χ3n) is 2.18. The standard InChI is InChI=1S/C11H10ClNOS.ClH/c12-8-6-7(3-4-9(8)14)11(13)10-2-1-5-15-10;/h1-6,11,14H,13H2;1H/t11-;/m0./s1. The number of aromatic hydroxyl groups is 1. The molecule has 0 unspecified atom stereocenters. The van der Waals surface area contributed by atoms with E-state index in [1.165, 1.54) is 0 Å². The van der Waals surface area contributed by atoms with Gasteiger partial charge in [-0.05, 0) is 29.1 Å². The van der Waals surface area contributed by atoms with Crippen LogP contribution >= 0.6 is 35.3 Å². The lowest BCUT2D eigenvalue weighted by molar-refractivity contribution is 0.475. The van der Waals surface area contributed by atoms with Crippen LogP contribution in [0.3, 0.4) is 0 Å². The van der Waals surface area contributed by atoms with Gasteiger partial charge in [0.25, 0.3) is 0 Å². The van der Waals surface area contributed by atoms with E-state index in [2.05, 4.69) is 0 Å². The maximum atomic E-state index is 9.29. The number of nitrogens with two attached hydrogens (primary N) is 1. The summed E-state index contributed by atoms with van der Waals surface area (Å²) in [5.74, 6) is 0.0822. The second-order valence-electron chi connectivity index (χ2n) is 3.20. The number of phenols is 1. The first-order valence-electron chi connectivity index (χ1n) is 4.46. The fraction of sp³-hybridized carbons (Fsp3) is 0.0909. The van der Waals surface area contributed by atoms with Crippen molar-refractivity contribution in [2.45, 2.75) is 6.04 Å². The number of rotatable bonds is 2. The van der Waals surface area contributed by atoms with E-state index in [4.69, 9.17) is 17.3 Å². The van der Waals surface area contributed by atoms with Gasteiger partial charge in [-0.1, -0.05) is 23.7 Å². The van der Waals surface area contributed by atoms with Crippen LogP contribution in [0.2, 0.25) is 5.02 Å². The van der Waals surface area contributed by atoms with Crippen molar-refractivity contribution in [1.82, 2.24) is 0 Å². The maximum absolute atomic E-state index is 9.29. The summed E-state index contributed by atoms with van der Waals surface area (Å²) in [5, 5.41) is 11.6. The lowest BCUT2D eigenvalue weighted by Gasteiger charge is -2.10. The Morgan fingerprint density at radius 1 is 1.31 bits per heavy atom. The molecular formula is C11H11Cl2NOS. The fourth-order valence-corrected chi connectivity index (χ4v) is 2.29. The molecule has 0 aliphatic heterocycles. The van der Waals surface area contributed by atoms with Crippen LogP contribution in [0.15, 0.2) is 35.7 Å². The molecule has 2 rings (SSSR count). The van der Waals surface area contributed by atoms with Gasteiger partial charge in [-0.2, -0.15) is 0 Å². The van der Waals surface area contributed by atoms with Gasteiger partial charge in [-0.15, -0.1) is 23.7 Å². The van der Waals surface area contributed by atoms with Crippen molar-refractivity contribution in [3.8, 4) is 5.75 Å². The highest BCUT2D eigenvalue weighted by molar-refractivity contribution is 7.10. The number of benzene rings is 1. The van der Waals surface area contributed by atoms with Crippen LogP contribution in [0.25, 0.3) is 0 Å². The molecule has 0 spiro atoms. The molecule has 1 atom stereocenters. The number of phenolic OH excluding ortho intramolecular Hbond substituents is 1. The average Bonchev–Trinajstić information content (AvgIpc) is 2.74. The van der Waals surface area contributed by atoms with Crippen LogP contribution in [0, 0.1) is 0 Å². The Bertz CT molecular complexity index is 459. The van der Waals surface area contributed by atoms with Crippen molar-refractivity contribution in [2.24, 2.45) is 5.73 Å². The number of hydrogen-bond donors (Lipinski definition) is 2. The van der Waals surface area contributed by atoms with Crippen LogP contribution < -0.4 is 5.73 Å². The molecule has 2 aromatic rings. The zero-order valence-corrected chi connectivity index (χ0v) is 10.6. The highest BCUT2D eigenvalue weighted by Gasteiger charge is 2.11. The minimum Gasteiger partial charge on any atom is -0.506 e. The molecule has 86 valence electrons. The van der Waals surface area contributed by atoms with Crippen LogP contribution in [0.4, 0.5) is 0 Å². The Kier molecular flexibility index (Phi) is 4.62. The Balaban J connectivity index is 0.00000128. The molecule has 3 N–H and O–H groups in total. The molecular weight excluding hydrogens is 265 g/mol. The summed E-state index contributed by atoms with van der Waals surface area (Å²) in [6, 6.07) is 8.80. The Morgan fingerprint density at radius 2 is 2.06 bits per heavy atom. The molecule has 2 nitrogen and oxygen atoms in total. The summed E-state index contributed by atoms with van der Waals surface area (Å²) in [7, 11) is 0. The van der Waals surface area contributed by atoms with E-state index in [0.29, 0.717) is 5.02 Å². The first-order chi connectivity index (χ1) is 7.18. The summed E-state index contributed by atoms with van der Waals surface area (Å²) >= 11 is 7.42. The summed E-state index contributed by atoms with van der Waals surface area (Å²) in [6.45, 7) is 0. The van der Waals surface area contributed by atoms with Crippen molar-refractivity contribution in [3.63, 3.8) is 0 Å². The van der Waals surface area contributed by atoms with E-state index in [-0.39, 0.29) is 24.2 Å². The average molecular weight is 276 g/mol. The fourth-order valence-electron chi connectivity index (χ4n) is 1.35. The Labute approximate surface area is 109 Å². The van der Waals surface area contributed by atoms with E-state index in [1.807, 2.05) is 17.5 Å². The number of hydrogen-bond acceptors (Lipinski definition) is 3. The SMILES string of the molecule is Cl.N[C@@H](c1ccc(O)c(Cl)c1)c1cccs1. The largest absolute Gasteiger partial charge is 0.506 e. The molecule has 0 saturated heterocycles. The quantitative estimate of drug-likeness (QED) is 0.880. The predicted octanol–water partition coefficient (Wildman–Crippen LogP) is 3.58. The molecule has 0 bridgehead atoms. The van der Waals surface area contributed by atoms with Gasteiger partial charge in [-0.3, -0.25) is 0 Å². The van der Waals surface area contributed by atoms with E-state index in [9.17, 15) is 5.11 Å². The Hall–Kier alpha value is -0.740. The van der Waals surface area contributed by atoms with E-state index < -0.39 is 0 Å². The summed E-state index contributed by atoms with van der Waals surface area (Å²) in [5.41, 5.74) is 6.95. The molecule has 0 fully saturated rings. The smallest absolute Gasteiger partial charge is 0.134 e. The van der Waals surface area contributed by atoms with Crippen molar-refractivity contribution in [3.05, 3.63) is 51.2 Å². The summed E-state index contributed by atoms with van der Waals surface area (Å²) in [4.78, 5) is 1.08. The molecule has 1 aromatic carbocycles. The minimum absolute atomic E-state index is 0. The minimum atomic E-state index is -0.178. The number of halogens is 2.